The van der Waals surface area contributed by atoms with Crippen LogP contribution in [0.15, 0.2) is 42.5 Å². The quantitative estimate of drug-likeness (QED) is 0.554. The number of hydrogen-bond donors (Lipinski definition) is 1. The monoisotopic (exact) mass is 444 g/mol. The van der Waals surface area contributed by atoms with Gasteiger partial charge in [-0.1, -0.05) is 25.4 Å². The molecule has 0 unspecified atom stereocenters. The molecule has 2 aromatic carbocycles. The lowest BCUT2D eigenvalue weighted by molar-refractivity contribution is -0.137. The molecule has 0 heterocycles. The van der Waals surface area contributed by atoms with Crippen molar-refractivity contribution in [3.63, 3.8) is 0 Å². The maximum atomic E-state index is 12.6. The molecule has 1 N–H and O–H groups in total. The fourth-order valence-electron chi connectivity index (χ4n) is 2.60. The van der Waals surface area contributed by atoms with E-state index in [1.54, 1.807) is 24.3 Å². The zero-order valence-corrected chi connectivity index (χ0v) is 17.5. The Bertz CT molecular complexity index is 825. The van der Waals surface area contributed by atoms with Crippen LogP contribution < -0.4 is 14.8 Å². The van der Waals surface area contributed by atoms with Gasteiger partial charge in [0.25, 0.3) is 5.91 Å². The number of nitrogens with zero attached hydrogens (tertiary/aromatic N) is 1. The van der Waals surface area contributed by atoms with E-state index in [1.807, 2.05) is 0 Å². The van der Waals surface area contributed by atoms with Gasteiger partial charge >= 0.3 is 6.18 Å². The molecule has 9 heteroatoms. The summed E-state index contributed by atoms with van der Waals surface area (Å²) in [5, 5.41) is 2.42. The van der Waals surface area contributed by atoms with Gasteiger partial charge in [-0.05, 0) is 55.6 Å². The van der Waals surface area contributed by atoms with Crippen LogP contribution in [0.4, 0.5) is 18.9 Å². The van der Waals surface area contributed by atoms with E-state index in [-0.39, 0.29) is 10.8 Å². The van der Waals surface area contributed by atoms with Crippen molar-refractivity contribution in [1.29, 1.82) is 0 Å². The highest BCUT2D eigenvalue weighted by atomic mass is 35.5. The molecule has 0 aliphatic rings. The second-order valence-electron chi connectivity index (χ2n) is 6.38. The third-order valence-corrected chi connectivity index (χ3v) is 4.62. The van der Waals surface area contributed by atoms with Crippen LogP contribution in [0.25, 0.3) is 0 Å². The molecule has 2 rings (SSSR count). The van der Waals surface area contributed by atoms with Crippen molar-refractivity contribution in [2.75, 3.05) is 38.2 Å². The van der Waals surface area contributed by atoms with E-state index in [1.165, 1.54) is 0 Å². The van der Waals surface area contributed by atoms with Crippen molar-refractivity contribution in [3.8, 4) is 11.5 Å². The Hall–Kier alpha value is -2.45. The SMILES string of the molecule is CCN(CC)CCOc1ccc(NC(=O)COc2ccc(C(F)(F)F)cc2Cl)cc1. The number of ether oxygens (including phenoxy) is 2. The predicted octanol–water partition coefficient (Wildman–Crippen LogP) is 5.10. The molecule has 0 saturated carbocycles. The summed E-state index contributed by atoms with van der Waals surface area (Å²) in [5.74, 6) is 0.214. The Morgan fingerprint density at radius 2 is 1.73 bits per heavy atom. The molecule has 5 nitrogen and oxygen atoms in total. The number of rotatable bonds is 10. The van der Waals surface area contributed by atoms with Gasteiger partial charge in [0.05, 0.1) is 10.6 Å². The van der Waals surface area contributed by atoms with Crippen LogP contribution in [0.3, 0.4) is 0 Å². The van der Waals surface area contributed by atoms with Crippen molar-refractivity contribution in [2.24, 2.45) is 0 Å². The van der Waals surface area contributed by atoms with Crippen LogP contribution in [-0.4, -0.2) is 43.7 Å². The molecule has 0 aliphatic heterocycles. The first kappa shape index (κ1) is 23.8. The second kappa shape index (κ2) is 11.1. The summed E-state index contributed by atoms with van der Waals surface area (Å²) in [6.45, 7) is 7.11. The number of likely N-dealkylation sites (N-methyl/N-ethyl adjacent to an activating group) is 1. The number of amides is 1. The van der Waals surface area contributed by atoms with Gasteiger partial charge < -0.3 is 19.7 Å². The lowest BCUT2D eigenvalue weighted by Gasteiger charge is -2.18. The Kier molecular flexibility index (Phi) is 8.80. The van der Waals surface area contributed by atoms with Crippen LogP contribution in [0.5, 0.6) is 11.5 Å². The lowest BCUT2D eigenvalue weighted by atomic mass is 10.2. The van der Waals surface area contributed by atoms with E-state index in [0.717, 1.165) is 37.8 Å². The Labute approximate surface area is 178 Å². The summed E-state index contributed by atoms with van der Waals surface area (Å²) < 4.78 is 48.8. The summed E-state index contributed by atoms with van der Waals surface area (Å²) in [6, 6.07) is 9.55. The summed E-state index contributed by atoms with van der Waals surface area (Å²) in [6.07, 6.45) is -4.50. The summed E-state index contributed by atoms with van der Waals surface area (Å²) >= 11 is 5.80. The number of carbonyl (C=O) groups excluding carboxylic acids is 1. The van der Waals surface area contributed by atoms with Gasteiger partial charge in [0.1, 0.15) is 18.1 Å². The number of halogens is 4. The zero-order chi connectivity index (χ0) is 22.1. The van der Waals surface area contributed by atoms with Gasteiger partial charge in [-0.15, -0.1) is 0 Å². The van der Waals surface area contributed by atoms with Crippen LogP contribution in [-0.2, 0) is 11.0 Å². The smallest absolute Gasteiger partial charge is 0.416 e. The number of hydrogen-bond acceptors (Lipinski definition) is 4. The van der Waals surface area contributed by atoms with Crippen LogP contribution in [0, 0.1) is 0 Å². The third-order valence-electron chi connectivity index (χ3n) is 4.33. The van der Waals surface area contributed by atoms with E-state index in [9.17, 15) is 18.0 Å². The average molecular weight is 445 g/mol. The van der Waals surface area contributed by atoms with Crippen molar-refractivity contribution in [1.82, 2.24) is 4.90 Å². The molecule has 2 aromatic rings. The topological polar surface area (TPSA) is 50.8 Å². The van der Waals surface area contributed by atoms with Crippen LogP contribution in [0.2, 0.25) is 5.02 Å². The highest BCUT2D eigenvalue weighted by molar-refractivity contribution is 6.32. The minimum atomic E-state index is -4.50. The number of anilines is 1. The van der Waals surface area contributed by atoms with E-state index in [2.05, 4.69) is 24.1 Å². The van der Waals surface area contributed by atoms with Crippen LogP contribution in [0.1, 0.15) is 19.4 Å². The highest BCUT2D eigenvalue weighted by Crippen LogP contribution is 2.34. The Balaban J connectivity index is 1.81. The van der Waals surface area contributed by atoms with Gasteiger partial charge in [-0.2, -0.15) is 13.2 Å². The summed E-state index contributed by atoms with van der Waals surface area (Å²) in [5.41, 5.74) is -0.345. The molecule has 0 radical (unpaired) electrons. The van der Waals surface area contributed by atoms with Gasteiger partial charge in [0, 0.05) is 12.2 Å². The fourth-order valence-corrected chi connectivity index (χ4v) is 2.84. The largest absolute Gasteiger partial charge is 0.492 e. The molecule has 0 aliphatic carbocycles. The maximum Gasteiger partial charge on any atom is 0.416 e. The highest BCUT2D eigenvalue weighted by Gasteiger charge is 2.31. The first-order valence-electron chi connectivity index (χ1n) is 9.47. The number of benzene rings is 2. The standard InChI is InChI=1S/C21H24ClF3N2O3/c1-3-27(4-2)11-12-29-17-8-6-16(7-9-17)26-20(28)14-30-19-10-5-15(13-18(19)22)21(23,24)25/h5-10,13H,3-4,11-12,14H2,1-2H3,(H,26,28). The predicted molar refractivity (Wildman–Crippen MR) is 110 cm³/mol. The number of nitrogens with one attached hydrogen (secondary N) is 1. The van der Waals surface area contributed by atoms with Gasteiger partial charge in [-0.3, -0.25) is 4.79 Å². The van der Waals surface area contributed by atoms with Crippen molar-refractivity contribution < 1.29 is 27.4 Å². The molecule has 0 spiro atoms. The molecule has 0 bridgehead atoms. The fraction of sp³-hybridized carbons (Fsp3) is 0.381. The Morgan fingerprint density at radius 1 is 1.07 bits per heavy atom. The molecular formula is C21H24ClF3N2O3. The van der Waals surface area contributed by atoms with Crippen molar-refractivity contribution in [2.45, 2.75) is 20.0 Å². The molecule has 30 heavy (non-hydrogen) atoms. The van der Waals surface area contributed by atoms with E-state index in [4.69, 9.17) is 21.1 Å². The Morgan fingerprint density at radius 3 is 2.30 bits per heavy atom. The van der Waals surface area contributed by atoms with Gasteiger partial charge in [0.2, 0.25) is 0 Å². The van der Waals surface area contributed by atoms with Gasteiger partial charge in [0.15, 0.2) is 6.61 Å². The molecule has 0 fully saturated rings. The molecule has 0 aromatic heterocycles. The van der Waals surface area contributed by atoms with Crippen molar-refractivity contribution >= 4 is 23.2 Å². The molecule has 1 amide bonds. The average Bonchev–Trinajstić information content (AvgIpc) is 2.71. The maximum absolute atomic E-state index is 12.6. The second-order valence-corrected chi connectivity index (χ2v) is 6.79. The first-order valence-corrected chi connectivity index (χ1v) is 9.85. The van der Waals surface area contributed by atoms with E-state index < -0.39 is 24.3 Å². The summed E-state index contributed by atoms with van der Waals surface area (Å²) in [4.78, 5) is 14.3. The zero-order valence-electron chi connectivity index (χ0n) is 16.8. The number of carbonyl (C=O) groups is 1. The minimum absolute atomic E-state index is 0.00299. The molecular weight excluding hydrogens is 421 g/mol. The molecule has 0 atom stereocenters. The lowest BCUT2D eigenvalue weighted by Crippen LogP contribution is -2.27. The van der Waals surface area contributed by atoms with E-state index >= 15 is 0 Å². The van der Waals surface area contributed by atoms with Crippen molar-refractivity contribution in [3.05, 3.63) is 53.1 Å². The normalized spacial score (nSPS) is 11.4. The molecule has 164 valence electrons. The number of alkyl halides is 3. The van der Waals surface area contributed by atoms with Crippen LogP contribution >= 0.6 is 11.6 Å². The molecule has 0 saturated heterocycles. The first-order chi connectivity index (χ1) is 14.2. The minimum Gasteiger partial charge on any atom is -0.492 e. The third kappa shape index (κ3) is 7.42. The van der Waals surface area contributed by atoms with E-state index in [0.29, 0.717) is 18.0 Å². The summed E-state index contributed by atoms with van der Waals surface area (Å²) in [7, 11) is 0. The van der Waals surface area contributed by atoms with Gasteiger partial charge in [-0.25, -0.2) is 0 Å².